The highest BCUT2D eigenvalue weighted by Gasteiger charge is 2.03. The number of benzene rings is 2. The summed E-state index contributed by atoms with van der Waals surface area (Å²) >= 11 is 7.68. The third kappa shape index (κ3) is 6.55. The maximum absolute atomic E-state index is 11.9. The van der Waals surface area contributed by atoms with E-state index in [4.69, 9.17) is 16.3 Å². The van der Waals surface area contributed by atoms with Crippen LogP contribution in [0.2, 0.25) is 5.02 Å². The minimum absolute atomic E-state index is 0.0615. The number of carbonyl (C=O) groups excluding carboxylic acids is 1. The van der Waals surface area contributed by atoms with Gasteiger partial charge in [0.15, 0.2) is 0 Å². The smallest absolute Gasteiger partial charge is 0.221 e. The van der Waals surface area contributed by atoms with Crippen LogP contribution in [0.25, 0.3) is 0 Å². The summed E-state index contributed by atoms with van der Waals surface area (Å²) in [5.41, 5.74) is 2.21. The monoisotopic (exact) mass is 349 g/mol. The van der Waals surface area contributed by atoms with Crippen LogP contribution in [0.4, 0.5) is 0 Å². The maximum atomic E-state index is 11.9. The molecule has 0 atom stereocenters. The molecule has 0 fully saturated rings. The van der Waals surface area contributed by atoms with E-state index in [0.29, 0.717) is 13.0 Å². The summed E-state index contributed by atoms with van der Waals surface area (Å²) in [6, 6.07) is 15.5. The standard InChI is InChI=1S/C18H20ClNO2S/c1-22-17-7-3-4-14(11-17)12-20-18(21)8-9-23-13-15-5-2-6-16(19)10-15/h2-7,10-11H,8-9,12-13H2,1H3,(H,20,21). The van der Waals surface area contributed by atoms with Gasteiger partial charge in [-0.25, -0.2) is 0 Å². The van der Waals surface area contributed by atoms with Gasteiger partial charge in [-0.1, -0.05) is 35.9 Å². The van der Waals surface area contributed by atoms with Crippen molar-refractivity contribution in [3.63, 3.8) is 0 Å². The van der Waals surface area contributed by atoms with E-state index in [-0.39, 0.29) is 5.91 Å². The number of ether oxygens (including phenoxy) is 1. The summed E-state index contributed by atoms with van der Waals surface area (Å²) in [4.78, 5) is 11.9. The number of hydrogen-bond donors (Lipinski definition) is 1. The van der Waals surface area contributed by atoms with Crippen molar-refractivity contribution in [2.45, 2.75) is 18.7 Å². The molecule has 2 aromatic carbocycles. The van der Waals surface area contributed by atoms with E-state index in [9.17, 15) is 4.79 Å². The molecule has 0 saturated heterocycles. The fourth-order valence-electron chi connectivity index (χ4n) is 2.05. The zero-order valence-electron chi connectivity index (χ0n) is 13.0. The van der Waals surface area contributed by atoms with Gasteiger partial charge in [-0.2, -0.15) is 11.8 Å². The van der Waals surface area contributed by atoms with Crippen molar-refractivity contribution in [3.05, 3.63) is 64.7 Å². The van der Waals surface area contributed by atoms with E-state index in [1.165, 1.54) is 5.56 Å². The Morgan fingerprint density at radius 2 is 1.96 bits per heavy atom. The van der Waals surface area contributed by atoms with Crippen LogP contribution in [0, 0.1) is 0 Å². The van der Waals surface area contributed by atoms with Gasteiger partial charge in [0, 0.05) is 29.5 Å². The largest absolute Gasteiger partial charge is 0.497 e. The molecule has 0 aliphatic rings. The third-order valence-corrected chi connectivity index (χ3v) is 4.52. The first kappa shape index (κ1) is 17.7. The number of rotatable bonds is 8. The fraction of sp³-hybridized carbons (Fsp3) is 0.278. The van der Waals surface area contributed by atoms with Crippen LogP contribution in [0.5, 0.6) is 5.75 Å². The van der Waals surface area contributed by atoms with Crippen LogP contribution in [0.15, 0.2) is 48.5 Å². The Hall–Kier alpha value is -1.65. The van der Waals surface area contributed by atoms with Gasteiger partial charge in [-0.3, -0.25) is 4.79 Å². The molecule has 0 heterocycles. The van der Waals surface area contributed by atoms with Crippen LogP contribution in [0.1, 0.15) is 17.5 Å². The van der Waals surface area contributed by atoms with Crippen molar-refractivity contribution < 1.29 is 9.53 Å². The molecule has 0 unspecified atom stereocenters. The number of thioether (sulfide) groups is 1. The van der Waals surface area contributed by atoms with E-state index in [1.54, 1.807) is 18.9 Å². The highest BCUT2D eigenvalue weighted by Crippen LogP contribution is 2.17. The van der Waals surface area contributed by atoms with Crippen LogP contribution in [-0.2, 0) is 17.1 Å². The molecule has 0 spiro atoms. The first-order valence-electron chi connectivity index (χ1n) is 7.39. The summed E-state index contributed by atoms with van der Waals surface area (Å²) in [7, 11) is 1.63. The molecular weight excluding hydrogens is 330 g/mol. The number of nitrogens with one attached hydrogen (secondary N) is 1. The zero-order valence-corrected chi connectivity index (χ0v) is 14.6. The lowest BCUT2D eigenvalue weighted by Gasteiger charge is -2.07. The molecule has 2 aromatic rings. The van der Waals surface area contributed by atoms with Crippen molar-refractivity contribution in [1.29, 1.82) is 0 Å². The molecule has 2 rings (SSSR count). The zero-order chi connectivity index (χ0) is 16.5. The molecular formula is C18H20ClNO2S. The number of hydrogen-bond acceptors (Lipinski definition) is 3. The number of halogens is 1. The van der Waals surface area contributed by atoms with Crippen LogP contribution in [0.3, 0.4) is 0 Å². The molecule has 1 N–H and O–H groups in total. The summed E-state index contributed by atoms with van der Waals surface area (Å²) in [5, 5.41) is 3.68. The molecule has 3 nitrogen and oxygen atoms in total. The van der Waals surface area contributed by atoms with Gasteiger partial charge in [0.05, 0.1) is 7.11 Å². The Morgan fingerprint density at radius 3 is 2.74 bits per heavy atom. The lowest BCUT2D eigenvalue weighted by Crippen LogP contribution is -2.23. The second-order valence-electron chi connectivity index (χ2n) is 5.06. The Labute approximate surface area is 146 Å². The quantitative estimate of drug-likeness (QED) is 0.722. The van der Waals surface area contributed by atoms with Gasteiger partial charge >= 0.3 is 0 Å². The first-order chi connectivity index (χ1) is 11.2. The highest BCUT2D eigenvalue weighted by molar-refractivity contribution is 7.98. The highest BCUT2D eigenvalue weighted by atomic mass is 35.5. The SMILES string of the molecule is COc1cccc(CNC(=O)CCSCc2cccc(Cl)c2)c1. The Kier molecular flexibility index (Phi) is 7.30. The maximum Gasteiger partial charge on any atom is 0.221 e. The normalized spacial score (nSPS) is 10.3. The molecule has 0 aromatic heterocycles. The minimum Gasteiger partial charge on any atom is -0.497 e. The Bertz CT molecular complexity index is 648. The first-order valence-corrected chi connectivity index (χ1v) is 8.92. The molecule has 0 aliphatic heterocycles. The van der Waals surface area contributed by atoms with Crippen molar-refractivity contribution in [3.8, 4) is 5.75 Å². The van der Waals surface area contributed by atoms with Gasteiger partial charge in [0.2, 0.25) is 5.91 Å². The topological polar surface area (TPSA) is 38.3 Å². The van der Waals surface area contributed by atoms with Crippen molar-refractivity contribution >= 4 is 29.3 Å². The average Bonchev–Trinajstić information content (AvgIpc) is 2.57. The Balaban J connectivity index is 1.65. The molecule has 122 valence electrons. The molecule has 23 heavy (non-hydrogen) atoms. The summed E-state index contributed by atoms with van der Waals surface area (Å²) in [5.74, 6) is 2.51. The minimum atomic E-state index is 0.0615. The molecule has 0 bridgehead atoms. The van der Waals surface area contributed by atoms with Gasteiger partial charge < -0.3 is 10.1 Å². The molecule has 5 heteroatoms. The number of carbonyl (C=O) groups is 1. The molecule has 0 aliphatic carbocycles. The van der Waals surface area contributed by atoms with Crippen LogP contribution >= 0.6 is 23.4 Å². The van der Waals surface area contributed by atoms with Crippen molar-refractivity contribution in [1.82, 2.24) is 5.32 Å². The van der Waals surface area contributed by atoms with E-state index in [2.05, 4.69) is 5.32 Å². The molecule has 1 amide bonds. The van der Waals surface area contributed by atoms with E-state index in [0.717, 1.165) is 27.8 Å². The van der Waals surface area contributed by atoms with Crippen LogP contribution in [-0.4, -0.2) is 18.8 Å². The third-order valence-electron chi connectivity index (χ3n) is 3.26. The molecule has 0 radical (unpaired) electrons. The van der Waals surface area contributed by atoms with Gasteiger partial charge in [-0.05, 0) is 35.4 Å². The van der Waals surface area contributed by atoms with Crippen molar-refractivity contribution in [2.75, 3.05) is 12.9 Å². The van der Waals surface area contributed by atoms with Crippen molar-refractivity contribution in [2.24, 2.45) is 0 Å². The summed E-state index contributed by atoms with van der Waals surface area (Å²) in [6.07, 6.45) is 0.509. The number of methoxy groups -OCH3 is 1. The predicted molar refractivity (Wildman–Crippen MR) is 97.1 cm³/mol. The molecule has 0 saturated carbocycles. The summed E-state index contributed by atoms with van der Waals surface area (Å²) in [6.45, 7) is 0.523. The average molecular weight is 350 g/mol. The summed E-state index contributed by atoms with van der Waals surface area (Å²) < 4.78 is 5.17. The number of amides is 1. The van der Waals surface area contributed by atoms with E-state index >= 15 is 0 Å². The predicted octanol–water partition coefficient (Wildman–Crippen LogP) is 4.29. The lowest BCUT2D eigenvalue weighted by atomic mass is 10.2. The van der Waals surface area contributed by atoms with Gasteiger partial charge in [0.1, 0.15) is 5.75 Å². The second kappa shape index (κ2) is 9.48. The lowest BCUT2D eigenvalue weighted by molar-refractivity contribution is -0.120. The van der Waals surface area contributed by atoms with Gasteiger partial charge in [-0.15, -0.1) is 0 Å². The van der Waals surface area contributed by atoms with E-state index < -0.39 is 0 Å². The van der Waals surface area contributed by atoms with E-state index in [1.807, 2.05) is 48.5 Å². The van der Waals surface area contributed by atoms with Gasteiger partial charge in [0.25, 0.3) is 0 Å². The second-order valence-corrected chi connectivity index (χ2v) is 6.60. The fourth-order valence-corrected chi connectivity index (χ4v) is 3.16. The Morgan fingerprint density at radius 1 is 1.17 bits per heavy atom. The van der Waals surface area contributed by atoms with Crippen LogP contribution < -0.4 is 10.1 Å².